The topological polar surface area (TPSA) is 17.1 Å². The molecule has 3 rings (SSSR count). The molecule has 0 aliphatic heterocycles. The number of Topliss-reactive ketones (excluding diaryl/α,β-unsaturated/α-hetero) is 1. The molecule has 0 amide bonds. The van der Waals surface area contributed by atoms with Gasteiger partial charge in [-0.25, -0.2) is 0 Å². The molecule has 90 valence electrons. The summed E-state index contributed by atoms with van der Waals surface area (Å²) in [6, 6.07) is 0. The van der Waals surface area contributed by atoms with Crippen molar-refractivity contribution in [1.29, 1.82) is 0 Å². The first kappa shape index (κ1) is 10.8. The highest BCUT2D eigenvalue weighted by atomic mass is 16.1. The third kappa shape index (κ3) is 1.05. The summed E-state index contributed by atoms with van der Waals surface area (Å²) in [6.45, 7) is 9.48. The van der Waals surface area contributed by atoms with Crippen LogP contribution < -0.4 is 0 Å². The lowest BCUT2D eigenvalue weighted by molar-refractivity contribution is -0.128. The van der Waals surface area contributed by atoms with Crippen LogP contribution in [0.1, 0.15) is 59.8 Å². The first-order valence-corrected chi connectivity index (χ1v) is 6.82. The summed E-state index contributed by atoms with van der Waals surface area (Å²) in [4.78, 5) is 12.2. The second-order valence-electron chi connectivity index (χ2n) is 7.82. The molecule has 0 unspecified atom stereocenters. The van der Waals surface area contributed by atoms with Gasteiger partial charge in [-0.05, 0) is 48.3 Å². The Labute approximate surface area is 99.0 Å². The van der Waals surface area contributed by atoms with Crippen molar-refractivity contribution in [2.24, 2.45) is 28.1 Å². The summed E-state index contributed by atoms with van der Waals surface area (Å²) < 4.78 is 0. The van der Waals surface area contributed by atoms with Crippen molar-refractivity contribution >= 4 is 5.78 Å². The molecule has 0 N–H and O–H groups in total. The average molecular weight is 220 g/mol. The molecule has 1 nitrogen and oxygen atoms in total. The predicted octanol–water partition coefficient (Wildman–Crippen LogP) is 3.82. The molecule has 0 spiro atoms. The van der Waals surface area contributed by atoms with Crippen LogP contribution in [0, 0.1) is 28.1 Å². The van der Waals surface area contributed by atoms with Crippen molar-refractivity contribution in [3.63, 3.8) is 0 Å². The molecule has 3 aliphatic carbocycles. The highest BCUT2D eigenvalue weighted by Crippen LogP contribution is 2.71. The monoisotopic (exact) mass is 220 g/mol. The number of carbonyl (C=O) groups is 1. The first-order chi connectivity index (χ1) is 7.29. The molecule has 1 heteroatoms. The fourth-order valence-corrected chi connectivity index (χ4v) is 5.37. The van der Waals surface area contributed by atoms with Crippen LogP contribution in [0.25, 0.3) is 0 Å². The predicted molar refractivity (Wildman–Crippen MR) is 65.1 cm³/mol. The van der Waals surface area contributed by atoms with E-state index in [0.717, 1.165) is 24.7 Å². The summed E-state index contributed by atoms with van der Waals surface area (Å²) in [5.41, 5.74) is 0.868. The van der Waals surface area contributed by atoms with Gasteiger partial charge in [0.2, 0.25) is 0 Å². The summed E-state index contributed by atoms with van der Waals surface area (Å²) >= 11 is 0. The van der Waals surface area contributed by atoms with Gasteiger partial charge in [0.25, 0.3) is 0 Å². The fourth-order valence-electron chi connectivity index (χ4n) is 5.37. The maximum Gasteiger partial charge on any atom is 0.139 e. The third-order valence-corrected chi connectivity index (χ3v) is 6.39. The van der Waals surface area contributed by atoms with Crippen LogP contribution in [-0.4, -0.2) is 5.78 Å². The maximum absolute atomic E-state index is 12.2. The number of fused-ring (bicyclic) bond motifs is 3. The van der Waals surface area contributed by atoms with Crippen LogP contribution in [0.5, 0.6) is 0 Å². The van der Waals surface area contributed by atoms with Gasteiger partial charge in [0.05, 0.1) is 0 Å². The lowest BCUT2D eigenvalue weighted by atomic mass is 9.65. The highest BCUT2D eigenvalue weighted by molar-refractivity contribution is 5.88. The normalized spacial score (nSPS) is 54.1. The van der Waals surface area contributed by atoms with Gasteiger partial charge in [0.1, 0.15) is 5.78 Å². The van der Waals surface area contributed by atoms with E-state index in [1.165, 1.54) is 19.3 Å². The maximum atomic E-state index is 12.2. The minimum Gasteiger partial charge on any atom is -0.299 e. The second kappa shape index (κ2) is 2.73. The quantitative estimate of drug-likeness (QED) is 0.606. The standard InChI is InChI=1S/C15H24O/c1-13(2)7-10-8-15(4)12(16)5-6-14(15,3)11(10)9-13/h10-11H,5-9H2,1-4H3/t10-,11-,14+,15+/m1/s1. The van der Waals surface area contributed by atoms with E-state index in [4.69, 9.17) is 0 Å². The van der Waals surface area contributed by atoms with Crippen molar-refractivity contribution in [2.75, 3.05) is 0 Å². The van der Waals surface area contributed by atoms with Gasteiger partial charge in [0.15, 0.2) is 0 Å². The molecule has 3 fully saturated rings. The smallest absolute Gasteiger partial charge is 0.139 e. The Balaban J connectivity index is 2.00. The Morgan fingerprint density at radius 1 is 1.06 bits per heavy atom. The number of carbonyl (C=O) groups excluding carboxylic acids is 1. The van der Waals surface area contributed by atoms with E-state index in [2.05, 4.69) is 27.7 Å². The van der Waals surface area contributed by atoms with Crippen LogP contribution in [0.2, 0.25) is 0 Å². The van der Waals surface area contributed by atoms with Gasteiger partial charge in [0, 0.05) is 11.8 Å². The highest BCUT2D eigenvalue weighted by Gasteiger charge is 2.67. The molecule has 0 heterocycles. The average Bonchev–Trinajstić information content (AvgIpc) is 2.64. The van der Waals surface area contributed by atoms with E-state index in [0.29, 0.717) is 16.6 Å². The Morgan fingerprint density at radius 2 is 1.75 bits per heavy atom. The second-order valence-corrected chi connectivity index (χ2v) is 7.82. The molecule has 16 heavy (non-hydrogen) atoms. The van der Waals surface area contributed by atoms with E-state index >= 15 is 0 Å². The van der Waals surface area contributed by atoms with E-state index in [9.17, 15) is 4.79 Å². The lowest BCUT2D eigenvalue weighted by Crippen LogP contribution is -2.36. The summed E-state index contributed by atoms with van der Waals surface area (Å²) in [6.07, 6.45) is 5.86. The van der Waals surface area contributed by atoms with Crippen LogP contribution in [-0.2, 0) is 4.79 Å². The Morgan fingerprint density at radius 3 is 2.44 bits per heavy atom. The molecular weight excluding hydrogens is 196 g/mol. The summed E-state index contributed by atoms with van der Waals surface area (Å²) in [7, 11) is 0. The SMILES string of the molecule is CC1(C)C[C@@H]2C[C@@]3(C)C(=O)CC[C@@]3(C)[C@@H]2C1. The number of rotatable bonds is 0. The summed E-state index contributed by atoms with van der Waals surface area (Å²) in [5.74, 6) is 2.20. The zero-order valence-electron chi connectivity index (χ0n) is 11.1. The zero-order valence-corrected chi connectivity index (χ0v) is 11.1. The van der Waals surface area contributed by atoms with Crippen molar-refractivity contribution in [3.05, 3.63) is 0 Å². The van der Waals surface area contributed by atoms with Gasteiger partial charge in [-0.15, -0.1) is 0 Å². The molecule has 4 atom stereocenters. The van der Waals surface area contributed by atoms with Crippen molar-refractivity contribution in [1.82, 2.24) is 0 Å². The van der Waals surface area contributed by atoms with Crippen LogP contribution >= 0.6 is 0 Å². The minimum atomic E-state index is 0.0266. The van der Waals surface area contributed by atoms with E-state index < -0.39 is 0 Å². The lowest BCUT2D eigenvalue weighted by Gasteiger charge is -2.38. The van der Waals surface area contributed by atoms with Crippen LogP contribution in [0.15, 0.2) is 0 Å². The Bertz CT molecular complexity index is 356. The molecule has 0 saturated heterocycles. The van der Waals surface area contributed by atoms with Crippen molar-refractivity contribution in [3.8, 4) is 0 Å². The Kier molecular flexibility index (Phi) is 1.85. The molecular formula is C15H24O. The largest absolute Gasteiger partial charge is 0.299 e. The summed E-state index contributed by atoms with van der Waals surface area (Å²) in [5, 5.41) is 0. The van der Waals surface area contributed by atoms with E-state index in [1.807, 2.05) is 0 Å². The van der Waals surface area contributed by atoms with Gasteiger partial charge < -0.3 is 0 Å². The van der Waals surface area contributed by atoms with Crippen molar-refractivity contribution < 1.29 is 4.79 Å². The van der Waals surface area contributed by atoms with E-state index in [-0.39, 0.29) is 5.41 Å². The number of ketones is 1. The van der Waals surface area contributed by atoms with Crippen LogP contribution in [0.4, 0.5) is 0 Å². The van der Waals surface area contributed by atoms with Gasteiger partial charge in [-0.1, -0.05) is 27.7 Å². The Hall–Kier alpha value is -0.330. The zero-order chi connectivity index (χ0) is 11.8. The molecule has 0 aromatic heterocycles. The number of hydrogen-bond acceptors (Lipinski definition) is 1. The molecule has 0 radical (unpaired) electrons. The van der Waals surface area contributed by atoms with Gasteiger partial charge in [-0.3, -0.25) is 4.79 Å². The van der Waals surface area contributed by atoms with Crippen LogP contribution in [0.3, 0.4) is 0 Å². The van der Waals surface area contributed by atoms with Crippen molar-refractivity contribution in [2.45, 2.75) is 59.8 Å². The number of hydrogen-bond donors (Lipinski definition) is 0. The molecule has 3 saturated carbocycles. The van der Waals surface area contributed by atoms with Gasteiger partial charge in [-0.2, -0.15) is 0 Å². The molecule has 0 bridgehead atoms. The molecule has 0 aromatic rings. The minimum absolute atomic E-state index is 0.0266. The molecule has 0 aromatic carbocycles. The first-order valence-electron chi connectivity index (χ1n) is 6.82. The third-order valence-electron chi connectivity index (χ3n) is 6.39. The fraction of sp³-hybridized carbons (Fsp3) is 0.933. The van der Waals surface area contributed by atoms with Gasteiger partial charge >= 0.3 is 0 Å². The molecule has 3 aliphatic rings. The van der Waals surface area contributed by atoms with E-state index in [1.54, 1.807) is 0 Å².